The van der Waals surface area contributed by atoms with Crippen LogP contribution in [0.4, 0.5) is 5.69 Å². The summed E-state index contributed by atoms with van der Waals surface area (Å²) in [6.45, 7) is 5.62. The molecule has 0 saturated carbocycles. The molecule has 0 amide bonds. The molecule has 0 bridgehead atoms. The summed E-state index contributed by atoms with van der Waals surface area (Å²) in [6, 6.07) is 8.10. The van der Waals surface area contributed by atoms with Crippen LogP contribution in [0.15, 0.2) is 24.3 Å². The number of fused-ring (bicyclic) bond motifs is 1. The average molecular weight is 274 g/mol. The van der Waals surface area contributed by atoms with Gasteiger partial charge in [0, 0.05) is 12.2 Å². The molecule has 1 aliphatic heterocycles. The number of para-hydroxylation sites is 1. The summed E-state index contributed by atoms with van der Waals surface area (Å²) in [4.78, 5) is 14.5. The Hall–Kier alpha value is -1.35. The minimum absolute atomic E-state index is 0.162. The lowest BCUT2D eigenvalue weighted by molar-refractivity contribution is -0.119. The van der Waals surface area contributed by atoms with Gasteiger partial charge in [0.05, 0.1) is 12.6 Å². The Bertz CT molecular complexity index is 456. The van der Waals surface area contributed by atoms with Crippen molar-refractivity contribution in [3.05, 3.63) is 29.8 Å². The van der Waals surface area contributed by atoms with E-state index in [2.05, 4.69) is 43.0 Å². The zero-order chi connectivity index (χ0) is 14.5. The van der Waals surface area contributed by atoms with E-state index >= 15 is 0 Å². The second-order valence-corrected chi connectivity index (χ2v) is 6.21. The van der Waals surface area contributed by atoms with Gasteiger partial charge in [0.25, 0.3) is 0 Å². The predicted molar refractivity (Wildman–Crippen MR) is 84.0 cm³/mol. The normalized spacial score (nSPS) is 16.7. The summed E-state index contributed by atoms with van der Waals surface area (Å²) < 4.78 is 0. The monoisotopic (exact) mass is 274 g/mol. The molecule has 1 aromatic rings. The van der Waals surface area contributed by atoms with Crippen LogP contribution in [0.5, 0.6) is 0 Å². The molecule has 0 saturated heterocycles. The lowest BCUT2D eigenvalue weighted by Gasteiger charge is -2.25. The fraction of sp³-hybridized carbons (Fsp3) is 0.588. The molecule has 3 heteroatoms. The zero-order valence-corrected chi connectivity index (χ0v) is 12.6. The molecule has 0 aliphatic carbocycles. The van der Waals surface area contributed by atoms with Gasteiger partial charge >= 0.3 is 0 Å². The molecule has 0 radical (unpaired) electrons. The van der Waals surface area contributed by atoms with Crippen molar-refractivity contribution in [3.8, 4) is 0 Å². The van der Waals surface area contributed by atoms with Crippen LogP contribution >= 0.6 is 0 Å². The third-order valence-corrected chi connectivity index (χ3v) is 3.94. The standard InChI is InChI=1S/C17H26N2O/c1-13(2)11-15(18)17(20)12-19-10-6-5-8-14-7-3-4-9-16(14)19/h3-4,7,9,13,15H,5-6,8,10-12,18H2,1-2H3/t15-/m0/s1. The zero-order valence-electron chi connectivity index (χ0n) is 12.6. The number of carbonyl (C=O) groups is 1. The lowest BCUT2D eigenvalue weighted by Crippen LogP contribution is -2.41. The Morgan fingerprint density at radius 3 is 2.80 bits per heavy atom. The molecular formula is C17H26N2O. The van der Waals surface area contributed by atoms with E-state index < -0.39 is 0 Å². The number of Topliss-reactive ketones (excluding diaryl/α,β-unsaturated/α-hetero) is 1. The van der Waals surface area contributed by atoms with E-state index in [0.717, 1.165) is 25.8 Å². The molecule has 0 aromatic heterocycles. The van der Waals surface area contributed by atoms with Gasteiger partial charge in [-0.3, -0.25) is 4.79 Å². The summed E-state index contributed by atoms with van der Waals surface area (Å²) in [5.41, 5.74) is 8.59. The van der Waals surface area contributed by atoms with E-state index in [1.807, 2.05) is 0 Å². The minimum atomic E-state index is -0.328. The van der Waals surface area contributed by atoms with Crippen molar-refractivity contribution in [2.75, 3.05) is 18.0 Å². The van der Waals surface area contributed by atoms with Crippen LogP contribution in [-0.4, -0.2) is 24.9 Å². The van der Waals surface area contributed by atoms with Crippen LogP contribution < -0.4 is 10.6 Å². The van der Waals surface area contributed by atoms with Gasteiger partial charge < -0.3 is 10.6 Å². The quantitative estimate of drug-likeness (QED) is 0.898. The molecule has 1 aliphatic rings. The van der Waals surface area contributed by atoms with Gasteiger partial charge in [0.2, 0.25) is 0 Å². The van der Waals surface area contributed by atoms with E-state index in [9.17, 15) is 4.79 Å². The smallest absolute Gasteiger partial charge is 0.168 e. The summed E-state index contributed by atoms with van der Waals surface area (Å²) >= 11 is 0. The van der Waals surface area contributed by atoms with Crippen LogP contribution in [0.3, 0.4) is 0 Å². The molecule has 110 valence electrons. The number of hydrogen-bond donors (Lipinski definition) is 1. The molecule has 2 N–H and O–H groups in total. The van der Waals surface area contributed by atoms with Gasteiger partial charge in [-0.15, -0.1) is 0 Å². The molecular weight excluding hydrogens is 248 g/mol. The highest BCUT2D eigenvalue weighted by molar-refractivity contribution is 5.88. The molecule has 2 rings (SSSR count). The number of anilines is 1. The van der Waals surface area contributed by atoms with E-state index in [-0.39, 0.29) is 11.8 Å². The molecule has 1 heterocycles. The average Bonchev–Trinajstić information content (AvgIpc) is 2.61. The first-order chi connectivity index (χ1) is 9.58. The van der Waals surface area contributed by atoms with Crippen LogP contribution in [-0.2, 0) is 11.2 Å². The first kappa shape index (κ1) is 15.0. The third kappa shape index (κ3) is 3.83. The highest BCUT2D eigenvalue weighted by Crippen LogP contribution is 2.26. The number of ketones is 1. The van der Waals surface area contributed by atoms with Gasteiger partial charge in [-0.1, -0.05) is 32.0 Å². The van der Waals surface area contributed by atoms with Crippen molar-refractivity contribution in [3.63, 3.8) is 0 Å². The fourth-order valence-corrected chi connectivity index (χ4v) is 2.88. The second kappa shape index (κ2) is 6.89. The molecule has 1 aromatic carbocycles. The van der Waals surface area contributed by atoms with Crippen molar-refractivity contribution in [1.29, 1.82) is 0 Å². The topological polar surface area (TPSA) is 46.3 Å². The van der Waals surface area contributed by atoms with Crippen molar-refractivity contribution in [2.45, 2.75) is 45.6 Å². The lowest BCUT2D eigenvalue weighted by atomic mass is 10.0. The predicted octanol–water partition coefficient (Wildman–Crippen LogP) is 2.77. The number of aryl methyl sites for hydroxylation is 1. The number of nitrogens with two attached hydrogens (primary N) is 1. The Morgan fingerprint density at radius 2 is 2.05 bits per heavy atom. The summed E-state index contributed by atoms with van der Waals surface area (Å²) in [7, 11) is 0. The fourth-order valence-electron chi connectivity index (χ4n) is 2.88. The number of hydrogen-bond acceptors (Lipinski definition) is 3. The van der Waals surface area contributed by atoms with Crippen LogP contribution in [0.2, 0.25) is 0 Å². The Labute approximate surface area is 122 Å². The van der Waals surface area contributed by atoms with Gasteiger partial charge in [-0.25, -0.2) is 0 Å². The Kier molecular flexibility index (Phi) is 5.18. The first-order valence-electron chi connectivity index (χ1n) is 7.69. The van der Waals surface area contributed by atoms with E-state index in [4.69, 9.17) is 5.73 Å². The molecule has 20 heavy (non-hydrogen) atoms. The van der Waals surface area contributed by atoms with Crippen LogP contribution in [0.25, 0.3) is 0 Å². The van der Waals surface area contributed by atoms with Gasteiger partial charge in [-0.05, 0) is 43.2 Å². The SMILES string of the molecule is CC(C)C[C@H](N)C(=O)CN1CCCCc2ccccc21. The summed E-state index contributed by atoms with van der Waals surface area (Å²) in [5, 5.41) is 0. The molecule has 1 atom stereocenters. The van der Waals surface area contributed by atoms with Gasteiger partial charge in [-0.2, -0.15) is 0 Å². The maximum atomic E-state index is 12.3. The Morgan fingerprint density at radius 1 is 1.30 bits per heavy atom. The number of benzene rings is 1. The van der Waals surface area contributed by atoms with Gasteiger partial charge in [0.1, 0.15) is 0 Å². The summed E-state index contributed by atoms with van der Waals surface area (Å²) in [6.07, 6.45) is 4.22. The van der Waals surface area contributed by atoms with Crippen molar-refractivity contribution < 1.29 is 4.79 Å². The molecule has 0 spiro atoms. The van der Waals surface area contributed by atoms with Crippen LogP contribution in [0, 0.1) is 5.92 Å². The Balaban J connectivity index is 2.07. The third-order valence-electron chi connectivity index (χ3n) is 3.94. The maximum absolute atomic E-state index is 12.3. The molecule has 3 nitrogen and oxygen atoms in total. The van der Waals surface area contributed by atoms with E-state index in [1.54, 1.807) is 0 Å². The minimum Gasteiger partial charge on any atom is -0.364 e. The number of nitrogens with zero attached hydrogens (tertiary/aromatic N) is 1. The maximum Gasteiger partial charge on any atom is 0.168 e. The second-order valence-electron chi connectivity index (χ2n) is 6.21. The van der Waals surface area contributed by atoms with Crippen molar-refractivity contribution in [2.24, 2.45) is 11.7 Å². The number of rotatable bonds is 5. The molecule has 0 unspecified atom stereocenters. The van der Waals surface area contributed by atoms with Gasteiger partial charge in [0.15, 0.2) is 5.78 Å². The highest BCUT2D eigenvalue weighted by Gasteiger charge is 2.21. The van der Waals surface area contributed by atoms with E-state index in [1.165, 1.54) is 17.7 Å². The van der Waals surface area contributed by atoms with E-state index in [0.29, 0.717) is 12.5 Å². The van der Waals surface area contributed by atoms with Crippen molar-refractivity contribution in [1.82, 2.24) is 0 Å². The van der Waals surface area contributed by atoms with Crippen molar-refractivity contribution >= 4 is 11.5 Å². The molecule has 0 fully saturated rings. The largest absolute Gasteiger partial charge is 0.364 e. The highest BCUT2D eigenvalue weighted by atomic mass is 16.1. The van der Waals surface area contributed by atoms with Crippen LogP contribution in [0.1, 0.15) is 38.7 Å². The number of carbonyl (C=O) groups excluding carboxylic acids is 1. The first-order valence-corrected chi connectivity index (χ1v) is 7.69. The summed E-state index contributed by atoms with van der Waals surface area (Å²) in [5.74, 6) is 0.626.